The summed E-state index contributed by atoms with van der Waals surface area (Å²) in [5.41, 5.74) is 5.02. The molecule has 0 atom stereocenters. The van der Waals surface area contributed by atoms with Crippen molar-refractivity contribution >= 4 is 5.91 Å². The van der Waals surface area contributed by atoms with Crippen molar-refractivity contribution in [3.05, 3.63) is 12.2 Å². The van der Waals surface area contributed by atoms with E-state index >= 15 is 0 Å². The van der Waals surface area contributed by atoms with Gasteiger partial charge < -0.3 is 5.73 Å². The molecule has 1 saturated carbocycles. The molecule has 1 aliphatic carbocycles. The van der Waals surface area contributed by atoms with E-state index < -0.39 is 0 Å². The lowest BCUT2D eigenvalue weighted by Crippen LogP contribution is -2.06. The number of primary amides is 1. The van der Waals surface area contributed by atoms with Gasteiger partial charge in [-0.1, -0.05) is 31.8 Å². The SMILES string of the molecule is NC(=O)/C=C\C1CCCCCC1. The van der Waals surface area contributed by atoms with Crippen LogP contribution in [0.25, 0.3) is 0 Å². The number of allylic oxidation sites excluding steroid dienone is 1. The maximum absolute atomic E-state index is 10.5. The molecule has 0 spiro atoms. The number of hydrogen-bond acceptors (Lipinski definition) is 1. The van der Waals surface area contributed by atoms with Crippen LogP contribution in [0.1, 0.15) is 38.5 Å². The zero-order valence-corrected chi connectivity index (χ0v) is 7.46. The molecule has 12 heavy (non-hydrogen) atoms. The molecule has 0 unspecified atom stereocenters. The van der Waals surface area contributed by atoms with Crippen molar-refractivity contribution in [3.63, 3.8) is 0 Å². The van der Waals surface area contributed by atoms with E-state index in [4.69, 9.17) is 5.73 Å². The van der Waals surface area contributed by atoms with Crippen LogP contribution in [-0.4, -0.2) is 5.91 Å². The Hall–Kier alpha value is -0.790. The molecule has 0 aliphatic heterocycles. The molecule has 0 aromatic carbocycles. The standard InChI is InChI=1S/C10H17NO/c11-10(12)8-7-9-5-3-1-2-4-6-9/h7-9H,1-6H2,(H2,11,12)/b8-7-. The smallest absolute Gasteiger partial charge is 0.241 e. The quantitative estimate of drug-likeness (QED) is 0.496. The Morgan fingerprint density at radius 3 is 2.25 bits per heavy atom. The van der Waals surface area contributed by atoms with Gasteiger partial charge in [-0.25, -0.2) is 0 Å². The molecule has 1 rings (SSSR count). The van der Waals surface area contributed by atoms with Crippen molar-refractivity contribution in [3.8, 4) is 0 Å². The van der Waals surface area contributed by atoms with Gasteiger partial charge in [0.1, 0.15) is 0 Å². The van der Waals surface area contributed by atoms with Crippen LogP contribution in [0.2, 0.25) is 0 Å². The third-order valence-electron chi connectivity index (χ3n) is 2.43. The lowest BCUT2D eigenvalue weighted by molar-refractivity contribution is -0.113. The molecule has 2 N–H and O–H groups in total. The molecule has 1 aliphatic rings. The average molecular weight is 167 g/mol. The fourth-order valence-electron chi connectivity index (χ4n) is 1.73. The first-order valence-corrected chi connectivity index (χ1v) is 4.76. The number of amides is 1. The minimum Gasteiger partial charge on any atom is -0.366 e. The monoisotopic (exact) mass is 167 g/mol. The van der Waals surface area contributed by atoms with E-state index in [1.165, 1.54) is 44.6 Å². The number of hydrogen-bond donors (Lipinski definition) is 1. The summed E-state index contributed by atoms with van der Waals surface area (Å²) in [4.78, 5) is 10.5. The van der Waals surface area contributed by atoms with Gasteiger partial charge in [-0.05, 0) is 24.8 Å². The van der Waals surface area contributed by atoms with Gasteiger partial charge in [-0.2, -0.15) is 0 Å². The van der Waals surface area contributed by atoms with Crippen molar-refractivity contribution in [2.24, 2.45) is 11.7 Å². The Labute approximate surface area is 73.8 Å². The van der Waals surface area contributed by atoms with E-state index in [9.17, 15) is 4.79 Å². The van der Waals surface area contributed by atoms with Gasteiger partial charge in [-0.3, -0.25) is 4.79 Å². The first kappa shape index (κ1) is 9.30. The summed E-state index contributed by atoms with van der Waals surface area (Å²) in [5, 5.41) is 0. The highest BCUT2D eigenvalue weighted by Gasteiger charge is 2.08. The van der Waals surface area contributed by atoms with Gasteiger partial charge in [0.2, 0.25) is 5.91 Å². The summed E-state index contributed by atoms with van der Waals surface area (Å²) < 4.78 is 0. The zero-order valence-electron chi connectivity index (χ0n) is 7.46. The van der Waals surface area contributed by atoms with Crippen LogP contribution >= 0.6 is 0 Å². The van der Waals surface area contributed by atoms with Gasteiger partial charge in [0.15, 0.2) is 0 Å². The molecule has 1 fully saturated rings. The van der Waals surface area contributed by atoms with Crippen molar-refractivity contribution in [2.75, 3.05) is 0 Å². The lowest BCUT2D eigenvalue weighted by atomic mass is 10.00. The minimum absolute atomic E-state index is 0.320. The van der Waals surface area contributed by atoms with Crippen LogP contribution in [0.5, 0.6) is 0 Å². The van der Waals surface area contributed by atoms with Crippen LogP contribution in [0.3, 0.4) is 0 Å². The highest BCUT2D eigenvalue weighted by molar-refractivity contribution is 5.85. The second-order valence-electron chi connectivity index (χ2n) is 3.51. The predicted octanol–water partition coefficient (Wildman–Crippen LogP) is 2.00. The Kier molecular flexibility index (Phi) is 3.85. The third kappa shape index (κ3) is 3.56. The van der Waals surface area contributed by atoms with E-state index in [1.807, 2.05) is 6.08 Å². The highest BCUT2D eigenvalue weighted by Crippen LogP contribution is 2.23. The largest absolute Gasteiger partial charge is 0.366 e. The van der Waals surface area contributed by atoms with Crippen LogP contribution in [-0.2, 0) is 4.79 Å². The first-order valence-electron chi connectivity index (χ1n) is 4.76. The summed E-state index contributed by atoms with van der Waals surface area (Å²) in [5.74, 6) is 0.277. The fraction of sp³-hybridized carbons (Fsp3) is 0.700. The molecule has 0 saturated heterocycles. The first-order chi connectivity index (χ1) is 5.79. The number of rotatable bonds is 2. The summed E-state index contributed by atoms with van der Waals surface area (Å²) >= 11 is 0. The fourth-order valence-corrected chi connectivity index (χ4v) is 1.73. The van der Waals surface area contributed by atoms with Crippen molar-refractivity contribution < 1.29 is 4.79 Å². The summed E-state index contributed by atoms with van der Waals surface area (Å²) in [6, 6.07) is 0. The van der Waals surface area contributed by atoms with Crippen LogP contribution < -0.4 is 5.73 Å². The topological polar surface area (TPSA) is 43.1 Å². The summed E-state index contributed by atoms with van der Waals surface area (Å²) in [6.45, 7) is 0. The molecule has 0 radical (unpaired) electrons. The minimum atomic E-state index is -0.320. The highest BCUT2D eigenvalue weighted by atomic mass is 16.1. The van der Waals surface area contributed by atoms with Crippen LogP contribution in [0.15, 0.2) is 12.2 Å². The predicted molar refractivity (Wildman–Crippen MR) is 49.5 cm³/mol. The molecule has 0 aromatic rings. The molecule has 2 heteroatoms. The molecule has 2 nitrogen and oxygen atoms in total. The second-order valence-corrected chi connectivity index (χ2v) is 3.51. The molecule has 0 aromatic heterocycles. The van der Waals surface area contributed by atoms with Gasteiger partial charge in [0, 0.05) is 0 Å². The second kappa shape index (κ2) is 4.96. The van der Waals surface area contributed by atoms with Gasteiger partial charge in [-0.15, -0.1) is 0 Å². The number of carbonyl (C=O) groups is 1. The zero-order chi connectivity index (χ0) is 8.81. The van der Waals surface area contributed by atoms with Crippen LogP contribution in [0.4, 0.5) is 0 Å². The number of carbonyl (C=O) groups excluding carboxylic acids is 1. The normalized spacial score (nSPS) is 21.0. The van der Waals surface area contributed by atoms with Crippen molar-refractivity contribution in [1.29, 1.82) is 0 Å². The van der Waals surface area contributed by atoms with E-state index in [0.717, 1.165) is 0 Å². The van der Waals surface area contributed by atoms with Crippen molar-refractivity contribution in [2.45, 2.75) is 38.5 Å². The van der Waals surface area contributed by atoms with Gasteiger partial charge in [0.05, 0.1) is 0 Å². The van der Waals surface area contributed by atoms with E-state index in [2.05, 4.69) is 0 Å². The Balaban J connectivity index is 2.34. The average Bonchev–Trinajstić information content (AvgIpc) is 2.28. The molecule has 0 heterocycles. The van der Waals surface area contributed by atoms with Gasteiger partial charge >= 0.3 is 0 Å². The van der Waals surface area contributed by atoms with E-state index in [1.54, 1.807) is 0 Å². The maximum Gasteiger partial charge on any atom is 0.241 e. The van der Waals surface area contributed by atoms with Gasteiger partial charge in [0.25, 0.3) is 0 Å². The van der Waals surface area contributed by atoms with Crippen molar-refractivity contribution in [1.82, 2.24) is 0 Å². The van der Waals surface area contributed by atoms with E-state index in [-0.39, 0.29) is 5.91 Å². The Morgan fingerprint density at radius 2 is 1.75 bits per heavy atom. The molecular formula is C10H17NO. The van der Waals surface area contributed by atoms with E-state index in [0.29, 0.717) is 5.92 Å². The van der Waals surface area contributed by atoms with Crippen LogP contribution in [0, 0.1) is 5.92 Å². The maximum atomic E-state index is 10.5. The Bertz CT molecular complexity index is 167. The molecule has 1 amide bonds. The number of nitrogens with two attached hydrogens (primary N) is 1. The lowest BCUT2D eigenvalue weighted by Gasteiger charge is -2.06. The summed E-state index contributed by atoms with van der Waals surface area (Å²) in [6.07, 6.45) is 11.2. The summed E-state index contributed by atoms with van der Waals surface area (Å²) in [7, 11) is 0. The Morgan fingerprint density at radius 1 is 1.17 bits per heavy atom. The molecule has 68 valence electrons. The molecular weight excluding hydrogens is 150 g/mol. The third-order valence-corrected chi connectivity index (χ3v) is 2.43. The molecule has 0 bridgehead atoms.